The first kappa shape index (κ1) is 39.6. The fourth-order valence-electron chi connectivity index (χ4n) is 3.31. The van der Waals surface area contributed by atoms with Gasteiger partial charge in [0.25, 0.3) is 0 Å². The fraction of sp³-hybridized carbons (Fsp3) is 0.652. The van der Waals surface area contributed by atoms with Crippen LogP contribution in [0.25, 0.3) is 0 Å². The summed E-state index contributed by atoms with van der Waals surface area (Å²) >= 11 is 0. The van der Waals surface area contributed by atoms with E-state index in [2.05, 4.69) is 45.9 Å². The molecule has 3 heterocycles. The average Bonchev–Trinajstić information content (AvgIpc) is 3.30. The first-order valence-electron chi connectivity index (χ1n) is 12.1. The summed E-state index contributed by atoms with van der Waals surface area (Å²) in [5.74, 6) is -6.39. The molecule has 20 heteroatoms. The molecule has 11 nitrogen and oxygen atoms in total. The lowest BCUT2D eigenvalue weighted by atomic mass is 10.1. The van der Waals surface area contributed by atoms with E-state index in [0.717, 1.165) is 52.5 Å². The predicted octanol–water partition coefficient (Wildman–Crippen LogP) is 3.20. The lowest BCUT2D eigenvalue weighted by Crippen LogP contribution is -2.37. The molecular weight excluding hydrogens is 615 g/mol. The van der Waals surface area contributed by atoms with Gasteiger partial charge in [-0.15, -0.1) is 0 Å². The molecule has 2 aliphatic rings. The highest BCUT2D eigenvalue weighted by Gasteiger charge is 2.39. The topological polar surface area (TPSA) is 144 Å². The molecule has 1 aromatic heterocycles. The van der Waals surface area contributed by atoms with Gasteiger partial charge in [-0.05, 0) is 32.5 Å². The number of hydrogen-bond donors (Lipinski definition) is 3. The summed E-state index contributed by atoms with van der Waals surface area (Å²) in [6, 6.07) is 4.29. The van der Waals surface area contributed by atoms with Crippen LogP contribution in [0, 0.1) is 5.92 Å². The number of alkyl halides is 9. The van der Waals surface area contributed by atoms with Gasteiger partial charge in [0.2, 0.25) is 0 Å². The standard InChI is InChI=1S/C17H28N4O.3C2HF3O2/c1-19(2)7-9-21-10-8-20(12-15-5-11-22-14-15)13-16-4-3-6-18-17(16)21;3*3-2(4,5)1(6)7/h3-4,6,15H,5,7-14H2,1-2H3;3*(H,6,7). The van der Waals surface area contributed by atoms with E-state index in [1.165, 1.54) is 17.8 Å². The smallest absolute Gasteiger partial charge is 0.475 e. The normalized spacial score (nSPS) is 17.2. The number of aliphatic carboxylic acids is 3. The summed E-state index contributed by atoms with van der Waals surface area (Å²) in [5.41, 5.74) is 1.36. The number of carbonyl (C=O) groups is 3. The Morgan fingerprint density at radius 1 is 0.930 bits per heavy atom. The molecule has 1 aromatic rings. The van der Waals surface area contributed by atoms with Crippen LogP contribution in [-0.2, 0) is 25.7 Å². The number of halogens is 9. The number of ether oxygens (including phenoxy) is 1. The van der Waals surface area contributed by atoms with Crippen molar-refractivity contribution in [1.29, 1.82) is 0 Å². The zero-order valence-corrected chi connectivity index (χ0v) is 22.8. The number of fused-ring (bicyclic) bond motifs is 1. The van der Waals surface area contributed by atoms with Crippen molar-refractivity contribution in [1.82, 2.24) is 14.8 Å². The van der Waals surface area contributed by atoms with Crippen molar-refractivity contribution in [3.05, 3.63) is 23.9 Å². The van der Waals surface area contributed by atoms with E-state index >= 15 is 0 Å². The number of carboxylic acids is 3. The highest BCUT2D eigenvalue weighted by molar-refractivity contribution is 5.73. The molecule has 0 amide bonds. The molecule has 1 fully saturated rings. The highest BCUT2D eigenvalue weighted by Crippen LogP contribution is 2.24. The second kappa shape index (κ2) is 17.7. The summed E-state index contributed by atoms with van der Waals surface area (Å²) in [6.07, 6.45) is -12.1. The van der Waals surface area contributed by atoms with Crippen molar-refractivity contribution in [2.45, 2.75) is 31.5 Å². The van der Waals surface area contributed by atoms with Crippen LogP contribution in [0.4, 0.5) is 45.3 Å². The van der Waals surface area contributed by atoms with Gasteiger partial charge in [0.1, 0.15) is 5.82 Å². The molecule has 0 aromatic carbocycles. The number of anilines is 1. The summed E-state index contributed by atoms with van der Waals surface area (Å²) < 4.78 is 101. The lowest BCUT2D eigenvalue weighted by molar-refractivity contribution is -0.193. The molecule has 0 radical (unpaired) electrons. The minimum absolute atomic E-state index is 0.702. The summed E-state index contributed by atoms with van der Waals surface area (Å²) in [4.78, 5) is 38.6. The van der Waals surface area contributed by atoms with Crippen LogP contribution in [0.15, 0.2) is 18.3 Å². The average molecular weight is 647 g/mol. The van der Waals surface area contributed by atoms with E-state index in [0.29, 0.717) is 5.92 Å². The third-order valence-corrected chi connectivity index (χ3v) is 5.33. The minimum atomic E-state index is -5.08. The first-order valence-corrected chi connectivity index (χ1v) is 12.1. The van der Waals surface area contributed by atoms with Gasteiger partial charge in [-0.25, -0.2) is 19.4 Å². The lowest BCUT2D eigenvalue weighted by Gasteiger charge is -2.26. The van der Waals surface area contributed by atoms with Crippen molar-refractivity contribution in [3.8, 4) is 0 Å². The zero-order valence-electron chi connectivity index (χ0n) is 22.8. The van der Waals surface area contributed by atoms with E-state index in [1.54, 1.807) is 0 Å². The van der Waals surface area contributed by atoms with Gasteiger partial charge in [0.15, 0.2) is 0 Å². The predicted molar refractivity (Wildman–Crippen MR) is 130 cm³/mol. The van der Waals surface area contributed by atoms with Crippen LogP contribution in [0.1, 0.15) is 12.0 Å². The molecule has 0 saturated carbocycles. The SMILES string of the molecule is CN(C)CCN1CCN(CC2CCOC2)Cc2cccnc21.O=C(O)C(F)(F)F.O=C(O)C(F)(F)F.O=C(O)C(F)(F)F. The Morgan fingerprint density at radius 2 is 1.42 bits per heavy atom. The fourth-order valence-corrected chi connectivity index (χ4v) is 3.31. The first-order chi connectivity index (χ1) is 19.6. The van der Waals surface area contributed by atoms with E-state index in [9.17, 15) is 39.5 Å². The monoisotopic (exact) mass is 646 g/mol. The number of rotatable bonds is 5. The van der Waals surface area contributed by atoms with Crippen LogP contribution >= 0.6 is 0 Å². The van der Waals surface area contributed by atoms with E-state index in [1.807, 2.05) is 6.20 Å². The maximum Gasteiger partial charge on any atom is 0.490 e. The molecule has 0 spiro atoms. The number of aromatic nitrogens is 1. The second-order valence-electron chi connectivity index (χ2n) is 9.15. The number of hydrogen-bond acceptors (Lipinski definition) is 8. The van der Waals surface area contributed by atoms with E-state index < -0.39 is 36.4 Å². The van der Waals surface area contributed by atoms with Crippen LogP contribution in [0.3, 0.4) is 0 Å². The summed E-state index contributed by atoms with van der Waals surface area (Å²) in [6.45, 7) is 8.30. The van der Waals surface area contributed by atoms with Gasteiger partial charge in [0.05, 0.1) is 6.61 Å². The Morgan fingerprint density at radius 3 is 1.81 bits per heavy atom. The maximum absolute atomic E-state index is 10.6. The largest absolute Gasteiger partial charge is 0.490 e. The van der Waals surface area contributed by atoms with E-state index in [4.69, 9.17) is 34.4 Å². The van der Waals surface area contributed by atoms with Crippen molar-refractivity contribution in [3.63, 3.8) is 0 Å². The van der Waals surface area contributed by atoms with Crippen molar-refractivity contribution < 1.29 is 74.0 Å². The molecule has 2 aliphatic heterocycles. The second-order valence-corrected chi connectivity index (χ2v) is 9.15. The Hall–Kier alpha value is -3.39. The third kappa shape index (κ3) is 17.4. The van der Waals surface area contributed by atoms with Crippen molar-refractivity contribution in [2.24, 2.45) is 5.92 Å². The van der Waals surface area contributed by atoms with Gasteiger partial charge in [-0.3, -0.25) is 4.90 Å². The summed E-state index contributed by atoms with van der Waals surface area (Å²) in [7, 11) is 4.26. The van der Waals surface area contributed by atoms with Crippen LogP contribution in [0.5, 0.6) is 0 Å². The van der Waals surface area contributed by atoms with Crippen LogP contribution < -0.4 is 4.90 Å². The van der Waals surface area contributed by atoms with Gasteiger partial charge >= 0.3 is 36.4 Å². The zero-order chi connectivity index (χ0) is 33.6. The molecular formula is C23H31F9N4O7. The number of nitrogens with zero attached hydrogens (tertiary/aromatic N) is 4. The molecule has 0 bridgehead atoms. The van der Waals surface area contributed by atoms with E-state index in [-0.39, 0.29) is 0 Å². The Labute approximate surface area is 239 Å². The molecule has 1 unspecified atom stereocenters. The Balaban J connectivity index is 0.000000690. The maximum atomic E-state index is 10.6. The quantitative estimate of drug-likeness (QED) is 0.406. The Kier molecular flexibility index (Phi) is 16.3. The Bertz CT molecular complexity index is 959. The number of likely N-dealkylation sites (N-methyl/N-ethyl adjacent to an activating group) is 1. The third-order valence-electron chi connectivity index (χ3n) is 5.33. The molecule has 1 atom stereocenters. The minimum Gasteiger partial charge on any atom is -0.475 e. The van der Waals surface area contributed by atoms with Gasteiger partial charge in [0, 0.05) is 57.6 Å². The number of pyridine rings is 1. The van der Waals surface area contributed by atoms with Crippen molar-refractivity contribution >= 4 is 23.7 Å². The number of carboxylic acid groups (broad SMARTS) is 3. The highest BCUT2D eigenvalue weighted by atomic mass is 19.4. The summed E-state index contributed by atoms with van der Waals surface area (Å²) in [5, 5.41) is 21.4. The molecule has 248 valence electrons. The van der Waals surface area contributed by atoms with Gasteiger partial charge in [-0.1, -0.05) is 6.07 Å². The molecule has 3 N–H and O–H groups in total. The molecule has 1 saturated heterocycles. The molecule has 43 heavy (non-hydrogen) atoms. The van der Waals surface area contributed by atoms with Gasteiger partial charge in [-0.2, -0.15) is 39.5 Å². The van der Waals surface area contributed by atoms with Crippen LogP contribution in [-0.4, -0.2) is 127 Å². The molecule has 3 rings (SSSR count). The van der Waals surface area contributed by atoms with Crippen molar-refractivity contribution in [2.75, 3.05) is 64.9 Å². The molecule has 0 aliphatic carbocycles. The van der Waals surface area contributed by atoms with Crippen LogP contribution in [0.2, 0.25) is 0 Å². The van der Waals surface area contributed by atoms with Gasteiger partial charge < -0.3 is 29.9 Å².